The molecule has 0 bridgehead atoms. The van der Waals surface area contributed by atoms with Crippen molar-refractivity contribution in [2.45, 2.75) is 0 Å². The maximum Gasteiger partial charge on any atom is 0.146 e. The third-order valence-corrected chi connectivity index (χ3v) is 8.26. The van der Waals surface area contributed by atoms with Crippen LogP contribution in [0.3, 0.4) is 0 Å². The molecule has 0 saturated heterocycles. The Labute approximate surface area is 230 Å². The van der Waals surface area contributed by atoms with Crippen LogP contribution in [0.2, 0.25) is 0 Å². The van der Waals surface area contributed by atoms with E-state index < -0.39 is 0 Å². The summed E-state index contributed by atoms with van der Waals surface area (Å²) in [6.07, 6.45) is 0. The van der Waals surface area contributed by atoms with Gasteiger partial charge in [-0.3, -0.25) is 4.40 Å². The lowest BCUT2D eigenvalue weighted by molar-refractivity contribution is 1.18. The molecule has 0 aliphatic rings. The summed E-state index contributed by atoms with van der Waals surface area (Å²) in [7, 11) is 0. The number of aromatic nitrogens is 3. The monoisotopic (exact) mass is 509 g/mol. The van der Waals surface area contributed by atoms with Gasteiger partial charge in [-0.2, -0.15) is 0 Å². The Kier molecular flexibility index (Phi) is 4.33. The fourth-order valence-corrected chi connectivity index (χ4v) is 6.55. The predicted molar refractivity (Wildman–Crippen MR) is 167 cm³/mol. The van der Waals surface area contributed by atoms with E-state index in [2.05, 4.69) is 148 Å². The minimum Gasteiger partial charge on any atom is -0.307 e. The summed E-state index contributed by atoms with van der Waals surface area (Å²) in [4.78, 5) is 5.16. The Morgan fingerprint density at radius 1 is 0.425 bits per heavy atom. The average molecular weight is 510 g/mol. The molecular formula is C37H23N3. The molecule has 3 nitrogen and oxygen atoms in total. The molecule has 0 atom stereocenters. The summed E-state index contributed by atoms with van der Waals surface area (Å²) in [5.41, 5.74) is 10.3. The molecule has 3 heteroatoms. The molecule has 0 spiro atoms. The van der Waals surface area contributed by atoms with Crippen LogP contribution >= 0.6 is 0 Å². The van der Waals surface area contributed by atoms with Crippen molar-refractivity contribution in [2.24, 2.45) is 0 Å². The summed E-state index contributed by atoms with van der Waals surface area (Å²) < 4.78 is 4.83. The summed E-state index contributed by atoms with van der Waals surface area (Å²) in [6, 6.07) is 50.0. The third kappa shape index (κ3) is 2.86. The van der Waals surface area contributed by atoms with Gasteiger partial charge in [0.1, 0.15) is 5.65 Å². The number of hydrogen-bond donors (Lipinski definition) is 0. The SMILES string of the molecule is c1ccc(-c2cccc(-n3c4ccccc4c4ccc5c6ccccc6c6nc7ccccc7n6c5c43)c2)cc1. The molecule has 0 saturated carbocycles. The van der Waals surface area contributed by atoms with Crippen molar-refractivity contribution in [1.82, 2.24) is 14.0 Å². The molecule has 40 heavy (non-hydrogen) atoms. The van der Waals surface area contributed by atoms with Gasteiger partial charge in [0.2, 0.25) is 0 Å². The highest BCUT2D eigenvalue weighted by atomic mass is 15.1. The van der Waals surface area contributed by atoms with E-state index in [4.69, 9.17) is 4.98 Å². The van der Waals surface area contributed by atoms with Gasteiger partial charge >= 0.3 is 0 Å². The Balaban J connectivity index is 1.54. The zero-order chi connectivity index (χ0) is 26.2. The van der Waals surface area contributed by atoms with E-state index in [1.165, 1.54) is 54.6 Å². The van der Waals surface area contributed by atoms with Crippen molar-refractivity contribution < 1.29 is 0 Å². The van der Waals surface area contributed by atoms with Crippen LogP contribution in [0.4, 0.5) is 0 Å². The predicted octanol–water partition coefficient (Wildman–Crippen LogP) is 9.56. The summed E-state index contributed by atoms with van der Waals surface area (Å²) >= 11 is 0. The van der Waals surface area contributed by atoms with E-state index in [0.29, 0.717) is 0 Å². The van der Waals surface area contributed by atoms with Crippen molar-refractivity contribution in [3.8, 4) is 16.8 Å². The highest BCUT2D eigenvalue weighted by Gasteiger charge is 2.20. The number of imidazole rings is 1. The van der Waals surface area contributed by atoms with Gasteiger partial charge in [0.15, 0.2) is 0 Å². The minimum absolute atomic E-state index is 0.992. The van der Waals surface area contributed by atoms with Crippen molar-refractivity contribution in [3.63, 3.8) is 0 Å². The number of rotatable bonds is 2. The van der Waals surface area contributed by atoms with Crippen LogP contribution in [0.25, 0.3) is 77.0 Å². The van der Waals surface area contributed by atoms with E-state index in [-0.39, 0.29) is 0 Å². The van der Waals surface area contributed by atoms with Crippen LogP contribution in [-0.4, -0.2) is 14.0 Å². The lowest BCUT2D eigenvalue weighted by atomic mass is 10.0. The second-order valence-electron chi connectivity index (χ2n) is 10.4. The van der Waals surface area contributed by atoms with Crippen LogP contribution < -0.4 is 0 Å². The van der Waals surface area contributed by atoms with Gasteiger partial charge in [-0.15, -0.1) is 0 Å². The van der Waals surface area contributed by atoms with E-state index in [1.54, 1.807) is 0 Å². The zero-order valence-electron chi connectivity index (χ0n) is 21.6. The Morgan fingerprint density at radius 3 is 1.93 bits per heavy atom. The number of para-hydroxylation sites is 3. The highest BCUT2D eigenvalue weighted by Crippen LogP contribution is 2.41. The summed E-state index contributed by atoms with van der Waals surface area (Å²) in [6.45, 7) is 0. The van der Waals surface area contributed by atoms with Crippen LogP contribution in [0, 0.1) is 0 Å². The van der Waals surface area contributed by atoms with Crippen molar-refractivity contribution in [2.75, 3.05) is 0 Å². The summed E-state index contributed by atoms with van der Waals surface area (Å²) in [5.74, 6) is 0. The van der Waals surface area contributed by atoms with Gasteiger partial charge in [-0.05, 0) is 46.8 Å². The van der Waals surface area contributed by atoms with E-state index in [1.807, 2.05) is 0 Å². The van der Waals surface area contributed by atoms with Gasteiger partial charge in [0.05, 0.1) is 27.6 Å². The van der Waals surface area contributed by atoms with Crippen LogP contribution in [0.1, 0.15) is 0 Å². The molecule has 6 aromatic carbocycles. The van der Waals surface area contributed by atoms with Gasteiger partial charge < -0.3 is 4.57 Å². The molecule has 0 N–H and O–H groups in total. The molecule has 0 aliphatic heterocycles. The Bertz CT molecular complexity index is 2430. The average Bonchev–Trinajstić information content (AvgIpc) is 3.58. The molecule has 3 aromatic heterocycles. The first-order chi connectivity index (χ1) is 19.9. The molecular weight excluding hydrogens is 486 g/mol. The molecule has 0 aliphatic carbocycles. The zero-order valence-corrected chi connectivity index (χ0v) is 21.6. The van der Waals surface area contributed by atoms with Crippen LogP contribution in [0.5, 0.6) is 0 Å². The molecule has 0 amide bonds. The smallest absolute Gasteiger partial charge is 0.146 e. The van der Waals surface area contributed by atoms with Crippen molar-refractivity contribution in [3.05, 3.63) is 140 Å². The number of nitrogens with zero attached hydrogens (tertiary/aromatic N) is 3. The molecule has 9 rings (SSSR count). The fourth-order valence-electron chi connectivity index (χ4n) is 6.55. The second kappa shape index (κ2) is 8.05. The number of pyridine rings is 1. The molecule has 0 fully saturated rings. The first-order valence-corrected chi connectivity index (χ1v) is 13.7. The van der Waals surface area contributed by atoms with E-state index in [9.17, 15) is 0 Å². The largest absolute Gasteiger partial charge is 0.307 e. The van der Waals surface area contributed by atoms with Gasteiger partial charge in [-0.25, -0.2) is 4.98 Å². The second-order valence-corrected chi connectivity index (χ2v) is 10.4. The molecule has 0 radical (unpaired) electrons. The molecule has 186 valence electrons. The van der Waals surface area contributed by atoms with Gasteiger partial charge in [0, 0.05) is 27.2 Å². The summed E-state index contributed by atoms with van der Waals surface area (Å²) in [5, 5.41) is 6.09. The van der Waals surface area contributed by atoms with Crippen LogP contribution in [-0.2, 0) is 0 Å². The fraction of sp³-hybridized carbons (Fsp3) is 0. The van der Waals surface area contributed by atoms with Gasteiger partial charge in [0.25, 0.3) is 0 Å². The molecule has 9 aromatic rings. The van der Waals surface area contributed by atoms with Crippen molar-refractivity contribution in [1.29, 1.82) is 0 Å². The third-order valence-electron chi connectivity index (χ3n) is 8.26. The van der Waals surface area contributed by atoms with Gasteiger partial charge in [-0.1, -0.05) is 109 Å². The minimum atomic E-state index is 0.992. The quantitative estimate of drug-likeness (QED) is 0.213. The molecule has 3 heterocycles. The number of benzene rings is 6. The maximum atomic E-state index is 5.16. The normalized spacial score (nSPS) is 12.0. The lowest BCUT2D eigenvalue weighted by Crippen LogP contribution is -1.98. The molecule has 0 unspecified atom stereocenters. The number of fused-ring (bicyclic) bond motifs is 12. The first-order valence-electron chi connectivity index (χ1n) is 13.7. The van der Waals surface area contributed by atoms with E-state index in [0.717, 1.165) is 22.4 Å². The van der Waals surface area contributed by atoms with Crippen LogP contribution in [0.15, 0.2) is 140 Å². The topological polar surface area (TPSA) is 22.2 Å². The highest BCUT2D eigenvalue weighted by molar-refractivity contribution is 6.24. The Hall–Kier alpha value is -5.41. The lowest BCUT2D eigenvalue weighted by Gasteiger charge is -2.14. The van der Waals surface area contributed by atoms with Crippen molar-refractivity contribution >= 4 is 60.2 Å². The maximum absolute atomic E-state index is 5.16. The Morgan fingerprint density at radius 2 is 1.07 bits per heavy atom. The van der Waals surface area contributed by atoms with E-state index >= 15 is 0 Å². The standard InChI is InChI=1S/C37H23N3/c1-2-11-24(12-3-1)25-13-10-14-26(23-25)39-33-19-8-6-16-28(33)30-22-21-29-27-15-4-5-17-31(27)37-38-32-18-7-9-20-34(32)40(37)36(29)35(30)39/h1-23H. The number of hydrogen-bond acceptors (Lipinski definition) is 1. The first kappa shape index (κ1) is 21.5.